The van der Waals surface area contributed by atoms with E-state index in [-0.39, 0.29) is 28.8 Å². The van der Waals surface area contributed by atoms with Gasteiger partial charge in [0.05, 0.1) is 17.2 Å². The number of imidazole rings is 1. The number of hydrogen-bond acceptors (Lipinski definition) is 5. The molecule has 0 bridgehead atoms. The topological polar surface area (TPSA) is 77.6 Å². The van der Waals surface area contributed by atoms with Gasteiger partial charge in [0, 0.05) is 32.1 Å². The molecule has 0 unspecified atom stereocenters. The lowest BCUT2D eigenvalue weighted by molar-refractivity contribution is 0.0901. The maximum Gasteiger partial charge on any atom is 0.295 e. The first-order chi connectivity index (χ1) is 12.5. The fourth-order valence-corrected chi connectivity index (χ4v) is 3.46. The number of fused-ring (bicyclic) bond motifs is 1. The molecule has 0 aliphatic heterocycles. The Morgan fingerprint density at radius 2 is 2.31 bits per heavy atom. The molecule has 3 aromatic heterocycles. The van der Waals surface area contributed by atoms with Crippen LogP contribution in [0, 0.1) is 0 Å². The molecule has 7 nitrogen and oxygen atoms in total. The molecule has 0 aliphatic rings. The van der Waals surface area contributed by atoms with E-state index in [4.69, 9.17) is 4.74 Å². The van der Waals surface area contributed by atoms with Crippen LogP contribution >= 0.6 is 11.3 Å². The van der Waals surface area contributed by atoms with Crippen molar-refractivity contribution in [2.75, 3.05) is 13.7 Å². The number of ether oxygens (including phenoxy) is 1. The maximum atomic E-state index is 12.9. The molecule has 8 heteroatoms. The number of allylic oxidation sites excluding steroid dienone is 1. The Hall–Kier alpha value is -2.71. The van der Waals surface area contributed by atoms with E-state index in [0.717, 1.165) is 10.6 Å². The summed E-state index contributed by atoms with van der Waals surface area (Å²) in [5.74, 6) is -0.342. The largest absolute Gasteiger partial charge is 0.383 e. The molecule has 3 aromatic rings. The molecule has 1 amide bonds. The summed E-state index contributed by atoms with van der Waals surface area (Å²) >= 11 is 1.54. The quantitative estimate of drug-likeness (QED) is 0.645. The molecule has 136 valence electrons. The van der Waals surface area contributed by atoms with E-state index in [9.17, 15) is 9.59 Å². The molecule has 0 saturated carbocycles. The third-order valence-electron chi connectivity index (χ3n) is 3.83. The van der Waals surface area contributed by atoms with E-state index >= 15 is 0 Å². The molecule has 26 heavy (non-hydrogen) atoms. The van der Waals surface area contributed by atoms with Crippen LogP contribution in [-0.2, 0) is 11.3 Å². The number of carbonyl (C=O) groups excluding carboxylic acids is 1. The van der Waals surface area contributed by atoms with Gasteiger partial charge in [-0.05, 0) is 18.4 Å². The lowest BCUT2D eigenvalue weighted by Crippen LogP contribution is -2.35. The van der Waals surface area contributed by atoms with Crippen molar-refractivity contribution in [1.29, 1.82) is 0 Å². The SMILES string of the molecule is C=CCn1c(-c2cccs2)cn2cc(C(=O)N[C@@H](C)COC)nc2c1=O. The highest BCUT2D eigenvalue weighted by molar-refractivity contribution is 7.13. The van der Waals surface area contributed by atoms with Crippen LogP contribution in [0.25, 0.3) is 16.2 Å². The molecule has 0 saturated heterocycles. The Labute approximate surface area is 154 Å². The average molecular weight is 372 g/mol. The Morgan fingerprint density at radius 1 is 1.50 bits per heavy atom. The van der Waals surface area contributed by atoms with Gasteiger partial charge < -0.3 is 10.1 Å². The standard InChI is InChI=1S/C18H20N4O3S/c1-4-7-22-14(15-6-5-8-26-15)10-21-9-13(20-16(21)18(22)24)17(23)19-12(2)11-25-3/h4-6,8-10,12H,1,7,11H2,2-3H3,(H,19,23)/t12-/m0/s1. The van der Waals surface area contributed by atoms with Crippen molar-refractivity contribution >= 4 is 22.9 Å². The van der Waals surface area contributed by atoms with Gasteiger partial charge >= 0.3 is 0 Å². The molecule has 0 aromatic carbocycles. The van der Waals surface area contributed by atoms with Crippen LogP contribution in [0.2, 0.25) is 0 Å². The average Bonchev–Trinajstić information content (AvgIpc) is 3.26. The van der Waals surface area contributed by atoms with Crippen molar-refractivity contribution in [3.8, 4) is 10.6 Å². The first-order valence-corrected chi connectivity index (χ1v) is 9.00. The number of hydrogen-bond donors (Lipinski definition) is 1. The number of aromatic nitrogens is 3. The van der Waals surface area contributed by atoms with Crippen LogP contribution in [0.4, 0.5) is 0 Å². The highest BCUT2D eigenvalue weighted by Crippen LogP contribution is 2.24. The third-order valence-corrected chi connectivity index (χ3v) is 4.73. The predicted molar refractivity (Wildman–Crippen MR) is 102 cm³/mol. The Morgan fingerprint density at radius 3 is 2.96 bits per heavy atom. The van der Waals surface area contributed by atoms with E-state index < -0.39 is 0 Å². The van der Waals surface area contributed by atoms with Crippen molar-refractivity contribution in [3.63, 3.8) is 0 Å². The summed E-state index contributed by atoms with van der Waals surface area (Å²) in [7, 11) is 1.57. The minimum absolute atomic E-state index is 0.156. The second-order valence-corrected chi connectivity index (χ2v) is 6.83. The van der Waals surface area contributed by atoms with Gasteiger partial charge in [-0.3, -0.25) is 18.6 Å². The van der Waals surface area contributed by atoms with E-state index in [1.54, 1.807) is 28.4 Å². The fraction of sp³-hybridized carbons (Fsp3) is 0.278. The Balaban J connectivity index is 2.07. The third kappa shape index (κ3) is 3.47. The lowest BCUT2D eigenvalue weighted by atomic mass is 10.3. The number of nitrogens with zero attached hydrogens (tertiary/aromatic N) is 3. The van der Waals surface area contributed by atoms with Gasteiger partial charge in [0.1, 0.15) is 5.69 Å². The van der Waals surface area contributed by atoms with Gasteiger partial charge in [0.15, 0.2) is 0 Å². The molecule has 0 spiro atoms. The zero-order valence-corrected chi connectivity index (χ0v) is 15.5. The predicted octanol–water partition coefficient (Wildman–Crippen LogP) is 2.18. The molecule has 3 heterocycles. The van der Waals surface area contributed by atoms with Gasteiger partial charge in [0.25, 0.3) is 11.5 Å². The summed E-state index contributed by atoms with van der Waals surface area (Å²) in [5.41, 5.74) is 0.893. The molecule has 1 atom stereocenters. The van der Waals surface area contributed by atoms with Crippen LogP contribution in [-0.4, -0.2) is 39.6 Å². The fourth-order valence-electron chi connectivity index (χ4n) is 2.71. The van der Waals surface area contributed by atoms with Crippen molar-refractivity contribution in [2.24, 2.45) is 0 Å². The number of thiophene rings is 1. The minimum Gasteiger partial charge on any atom is -0.383 e. The zero-order valence-electron chi connectivity index (χ0n) is 14.6. The Bertz CT molecular complexity index is 988. The van der Waals surface area contributed by atoms with Crippen LogP contribution in [0.1, 0.15) is 17.4 Å². The number of nitrogens with one attached hydrogen (secondary N) is 1. The summed E-state index contributed by atoms with van der Waals surface area (Å²) in [5, 5.41) is 4.75. The van der Waals surface area contributed by atoms with E-state index in [0.29, 0.717) is 13.2 Å². The summed E-state index contributed by atoms with van der Waals surface area (Å²) in [6.07, 6.45) is 5.05. The normalized spacial score (nSPS) is 12.2. The van der Waals surface area contributed by atoms with E-state index in [2.05, 4.69) is 16.9 Å². The van der Waals surface area contributed by atoms with Gasteiger partial charge in [0.2, 0.25) is 5.65 Å². The van der Waals surface area contributed by atoms with Crippen molar-refractivity contribution in [3.05, 3.63) is 58.6 Å². The number of amides is 1. The zero-order chi connectivity index (χ0) is 18.7. The maximum absolute atomic E-state index is 12.9. The van der Waals surface area contributed by atoms with Crippen molar-refractivity contribution < 1.29 is 9.53 Å². The van der Waals surface area contributed by atoms with E-state index in [1.807, 2.05) is 30.6 Å². The Kier molecular flexibility index (Phi) is 5.34. The first kappa shape index (κ1) is 18.1. The summed E-state index contributed by atoms with van der Waals surface area (Å²) < 4.78 is 8.23. The number of carbonyl (C=O) groups is 1. The molecular formula is C18H20N4O3S. The lowest BCUT2D eigenvalue weighted by Gasteiger charge is -2.10. The van der Waals surface area contributed by atoms with Gasteiger partial charge in [-0.2, -0.15) is 0 Å². The second-order valence-electron chi connectivity index (χ2n) is 5.88. The summed E-state index contributed by atoms with van der Waals surface area (Å²) in [6, 6.07) is 3.72. The van der Waals surface area contributed by atoms with Gasteiger partial charge in [-0.25, -0.2) is 4.98 Å². The van der Waals surface area contributed by atoms with Gasteiger partial charge in [-0.1, -0.05) is 12.1 Å². The molecule has 0 radical (unpaired) electrons. The highest BCUT2D eigenvalue weighted by Gasteiger charge is 2.18. The highest BCUT2D eigenvalue weighted by atomic mass is 32.1. The molecule has 1 N–H and O–H groups in total. The van der Waals surface area contributed by atoms with Crippen molar-refractivity contribution in [1.82, 2.24) is 19.3 Å². The number of rotatable bonds is 7. The smallest absolute Gasteiger partial charge is 0.295 e. The second kappa shape index (κ2) is 7.67. The molecule has 3 rings (SSSR count). The van der Waals surface area contributed by atoms with Crippen molar-refractivity contribution in [2.45, 2.75) is 19.5 Å². The van der Waals surface area contributed by atoms with Crippen LogP contribution in [0.15, 0.2) is 47.4 Å². The molecular weight excluding hydrogens is 352 g/mol. The van der Waals surface area contributed by atoms with Crippen LogP contribution < -0.4 is 10.9 Å². The summed E-state index contributed by atoms with van der Waals surface area (Å²) in [4.78, 5) is 30.4. The number of methoxy groups -OCH3 is 1. The monoisotopic (exact) mass is 372 g/mol. The van der Waals surface area contributed by atoms with E-state index in [1.165, 1.54) is 11.3 Å². The first-order valence-electron chi connectivity index (χ1n) is 8.12. The molecule has 0 aliphatic carbocycles. The van der Waals surface area contributed by atoms with Gasteiger partial charge in [-0.15, -0.1) is 17.9 Å². The summed E-state index contributed by atoms with van der Waals surface area (Å²) in [6.45, 7) is 6.32. The minimum atomic E-state index is -0.342. The molecule has 0 fully saturated rings. The van der Waals surface area contributed by atoms with Crippen LogP contribution in [0.3, 0.4) is 0 Å². The van der Waals surface area contributed by atoms with Crippen LogP contribution in [0.5, 0.6) is 0 Å².